The zero-order valence-electron chi connectivity index (χ0n) is 20.6. The van der Waals surface area contributed by atoms with Gasteiger partial charge in [0.2, 0.25) is 6.29 Å². The van der Waals surface area contributed by atoms with Crippen LogP contribution in [0.25, 0.3) is 0 Å². The number of rotatable bonds is 10. The molecule has 0 unspecified atom stereocenters. The van der Waals surface area contributed by atoms with E-state index in [0.717, 1.165) is 18.9 Å². The number of hydrogen-bond acceptors (Lipinski definition) is 13. The molecule has 0 bridgehead atoms. The number of benzene rings is 1. The molecule has 3 rings (SSSR count). The van der Waals surface area contributed by atoms with Crippen molar-refractivity contribution in [3.63, 3.8) is 0 Å². The van der Waals surface area contributed by atoms with Crippen LogP contribution in [0.1, 0.15) is 12.0 Å². The van der Waals surface area contributed by atoms with Gasteiger partial charge in [0.25, 0.3) is 0 Å². The summed E-state index contributed by atoms with van der Waals surface area (Å²) in [5.41, 5.74) is 0.879. The van der Waals surface area contributed by atoms with Crippen molar-refractivity contribution in [2.24, 2.45) is 5.92 Å². The van der Waals surface area contributed by atoms with E-state index in [0.29, 0.717) is 6.42 Å². The summed E-state index contributed by atoms with van der Waals surface area (Å²) in [5.74, 6) is -2.39. The summed E-state index contributed by atoms with van der Waals surface area (Å²) in [7, 11) is 1.14. The van der Waals surface area contributed by atoms with Gasteiger partial charge >= 0.3 is 11.9 Å². The highest BCUT2D eigenvalue weighted by Crippen LogP contribution is 2.36. The first-order valence-electron chi connectivity index (χ1n) is 11.8. The third-order valence-electron chi connectivity index (χ3n) is 6.18. The predicted octanol–water partition coefficient (Wildman–Crippen LogP) is -1.37. The van der Waals surface area contributed by atoms with Gasteiger partial charge in [0, 0.05) is 17.9 Å². The molecule has 1 saturated heterocycles. The molecular formula is C25H32O13. The fraction of sp³-hybridized carbons (Fsp3) is 0.520. The molecule has 2 heterocycles. The minimum absolute atomic E-state index is 0.0218. The average molecular weight is 541 g/mol. The van der Waals surface area contributed by atoms with Crippen molar-refractivity contribution in [3.8, 4) is 5.75 Å². The van der Waals surface area contributed by atoms with E-state index >= 15 is 0 Å². The standard InChI is InChI=1S/C25H32O13/c1-34-23(33)17-12-36-24(38-25-22(32)21(31)20(30)18(11-27)37-25)15(6-8-26)16(17)10-19(29)35-9-7-13-2-4-14(28)5-3-13/h2-6,12,16,18,20-22,24-28,30-32H,7-11H2,1H3/b15-6+/t16-,18+,20+,21-,22+,24-,25+/m0/s1. The number of phenolic OH excluding ortho intramolecular Hbond substituents is 1. The molecule has 38 heavy (non-hydrogen) atoms. The lowest BCUT2D eigenvalue weighted by atomic mass is 9.86. The smallest absolute Gasteiger partial charge is 0.337 e. The molecule has 6 N–H and O–H groups in total. The highest BCUT2D eigenvalue weighted by molar-refractivity contribution is 5.90. The van der Waals surface area contributed by atoms with E-state index in [9.17, 15) is 40.2 Å². The van der Waals surface area contributed by atoms with Crippen LogP contribution in [0, 0.1) is 5.92 Å². The number of methoxy groups -OCH3 is 1. The zero-order chi connectivity index (χ0) is 27.8. The summed E-state index contributed by atoms with van der Waals surface area (Å²) >= 11 is 0. The summed E-state index contributed by atoms with van der Waals surface area (Å²) in [6.45, 7) is -1.19. The molecule has 1 aromatic rings. The van der Waals surface area contributed by atoms with E-state index in [-0.39, 0.29) is 29.9 Å². The van der Waals surface area contributed by atoms with Crippen LogP contribution in [0.5, 0.6) is 5.75 Å². The number of aromatic hydroxyl groups is 1. The Kier molecular flexibility index (Phi) is 10.6. The third-order valence-corrected chi connectivity index (χ3v) is 6.18. The number of carbonyl (C=O) groups excluding carboxylic acids is 2. The van der Waals surface area contributed by atoms with Gasteiger partial charge in [-0.2, -0.15) is 0 Å². The fourth-order valence-corrected chi connectivity index (χ4v) is 4.10. The van der Waals surface area contributed by atoms with Crippen molar-refractivity contribution in [1.82, 2.24) is 0 Å². The first kappa shape index (κ1) is 29.5. The molecule has 0 radical (unpaired) electrons. The van der Waals surface area contributed by atoms with E-state index in [1.807, 2.05) is 0 Å². The largest absolute Gasteiger partial charge is 0.508 e. The second kappa shape index (κ2) is 13.7. The number of hydrogen-bond donors (Lipinski definition) is 6. The lowest BCUT2D eigenvalue weighted by molar-refractivity contribution is -0.327. The van der Waals surface area contributed by atoms with Crippen LogP contribution in [-0.4, -0.2) is 107 Å². The first-order chi connectivity index (χ1) is 18.2. The van der Waals surface area contributed by atoms with E-state index in [1.165, 1.54) is 18.2 Å². The SMILES string of the molecule is COC(=O)C1=CO[C@@H](O[C@H]2O[C@H](CO)[C@@H](O)[C@H](O)[C@H]2O)/C(=C/CO)[C@@H]1CC(=O)OCCc1ccc(O)cc1. The normalized spacial score (nSPS) is 30.3. The monoisotopic (exact) mass is 540 g/mol. The number of carbonyl (C=O) groups is 2. The maximum absolute atomic E-state index is 12.7. The Morgan fingerprint density at radius 3 is 2.39 bits per heavy atom. The first-order valence-corrected chi connectivity index (χ1v) is 11.8. The Hall–Kier alpha value is -3.04. The van der Waals surface area contributed by atoms with Crippen LogP contribution in [0.4, 0.5) is 0 Å². The molecule has 1 aromatic carbocycles. The number of esters is 2. The summed E-state index contributed by atoms with van der Waals surface area (Å²) in [4.78, 5) is 25.1. The van der Waals surface area contributed by atoms with Crippen LogP contribution in [0.2, 0.25) is 0 Å². The Labute approximate surface area is 218 Å². The van der Waals surface area contributed by atoms with E-state index in [4.69, 9.17) is 23.7 Å². The van der Waals surface area contributed by atoms with Gasteiger partial charge < -0.3 is 54.3 Å². The number of aliphatic hydroxyl groups is 5. The maximum atomic E-state index is 12.7. The van der Waals surface area contributed by atoms with Crippen molar-refractivity contribution >= 4 is 11.9 Å². The molecule has 210 valence electrons. The third kappa shape index (κ3) is 7.08. The molecule has 1 fully saturated rings. The molecular weight excluding hydrogens is 508 g/mol. The Morgan fingerprint density at radius 2 is 1.76 bits per heavy atom. The van der Waals surface area contributed by atoms with Crippen molar-refractivity contribution in [1.29, 1.82) is 0 Å². The molecule has 0 saturated carbocycles. The van der Waals surface area contributed by atoms with Gasteiger partial charge in [-0.25, -0.2) is 4.79 Å². The molecule has 7 atom stereocenters. The minimum Gasteiger partial charge on any atom is -0.508 e. The summed E-state index contributed by atoms with van der Waals surface area (Å²) in [6.07, 6.45) is -6.99. The van der Waals surface area contributed by atoms with Gasteiger partial charge in [-0.15, -0.1) is 0 Å². The van der Waals surface area contributed by atoms with Crippen molar-refractivity contribution in [2.75, 3.05) is 26.9 Å². The van der Waals surface area contributed by atoms with Crippen LogP contribution in [-0.2, 0) is 39.7 Å². The molecule has 2 aliphatic rings. The number of phenols is 1. The average Bonchev–Trinajstić information content (AvgIpc) is 2.91. The lowest BCUT2D eigenvalue weighted by Crippen LogP contribution is -2.60. The predicted molar refractivity (Wildman–Crippen MR) is 126 cm³/mol. The zero-order valence-corrected chi connectivity index (χ0v) is 20.6. The molecule has 13 heteroatoms. The topological polar surface area (TPSA) is 202 Å². The van der Waals surface area contributed by atoms with Crippen LogP contribution >= 0.6 is 0 Å². The van der Waals surface area contributed by atoms with Crippen LogP contribution in [0.3, 0.4) is 0 Å². The van der Waals surface area contributed by atoms with Crippen LogP contribution < -0.4 is 0 Å². The van der Waals surface area contributed by atoms with E-state index < -0.39 is 68.1 Å². The summed E-state index contributed by atoms with van der Waals surface area (Å²) < 4.78 is 26.6. The Bertz CT molecular complexity index is 1000. The number of aliphatic hydroxyl groups excluding tert-OH is 5. The molecule has 0 aliphatic carbocycles. The Morgan fingerprint density at radius 1 is 1.05 bits per heavy atom. The van der Waals surface area contributed by atoms with Gasteiger partial charge in [-0.3, -0.25) is 4.79 Å². The quantitative estimate of drug-likeness (QED) is 0.150. The molecule has 13 nitrogen and oxygen atoms in total. The van der Waals surface area contributed by atoms with Crippen LogP contribution in [0.15, 0.2) is 47.7 Å². The minimum atomic E-state index is -1.74. The number of ether oxygens (including phenoxy) is 5. The molecule has 0 amide bonds. The van der Waals surface area contributed by atoms with E-state index in [2.05, 4.69) is 0 Å². The lowest BCUT2D eigenvalue weighted by Gasteiger charge is -2.41. The van der Waals surface area contributed by atoms with Gasteiger partial charge in [-0.1, -0.05) is 18.2 Å². The second-order valence-corrected chi connectivity index (χ2v) is 8.65. The molecule has 0 spiro atoms. The fourth-order valence-electron chi connectivity index (χ4n) is 4.10. The van der Waals surface area contributed by atoms with Gasteiger partial charge in [0.15, 0.2) is 6.29 Å². The van der Waals surface area contributed by atoms with Crippen molar-refractivity contribution in [2.45, 2.75) is 49.8 Å². The summed E-state index contributed by atoms with van der Waals surface area (Å²) in [6, 6.07) is 6.38. The highest BCUT2D eigenvalue weighted by Gasteiger charge is 2.47. The maximum Gasteiger partial charge on any atom is 0.337 e. The Balaban J connectivity index is 1.75. The summed E-state index contributed by atoms with van der Waals surface area (Å²) in [5, 5.41) is 58.8. The van der Waals surface area contributed by atoms with E-state index in [1.54, 1.807) is 12.1 Å². The van der Waals surface area contributed by atoms with Gasteiger partial charge in [0.1, 0.15) is 30.2 Å². The van der Waals surface area contributed by atoms with Crippen molar-refractivity contribution < 1.29 is 63.9 Å². The highest BCUT2D eigenvalue weighted by atomic mass is 16.8. The van der Waals surface area contributed by atoms with Gasteiger partial charge in [-0.05, 0) is 17.7 Å². The second-order valence-electron chi connectivity index (χ2n) is 8.65. The van der Waals surface area contributed by atoms with Gasteiger partial charge in [0.05, 0.1) is 45.2 Å². The molecule has 2 aliphatic heterocycles. The van der Waals surface area contributed by atoms with Crippen molar-refractivity contribution in [3.05, 3.63) is 53.3 Å². The molecule has 0 aromatic heterocycles.